The van der Waals surface area contributed by atoms with Gasteiger partial charge in [-0.25, -0.2) is 0 Å². The van der Waals surface area contributed by atoms with Gasteiger partial charge in [0, 0.05) is 6.42 Å². The van der Waals surface area contributed by atoms with E-state index in [-0.39, 0.29) is 12.5 Å². The lowest BCUT2D eigenvalue weighted by atomic mass is 9.97. The minimum absolute atomic E-state index is 0.194. The Labute approximate surface area is 660 Å². The fourth-order valence-corrected chi connectivity index (χ4v) is 16.3. The molecule has 636 valence electrons. The molecule has 12 unspecified atom stereocenters. The highest BCUT2D eigenvalue weighted by Crippen LogP contribution is 2.31. The van der Waals surface area contributed by atoms with Crippen LogP contribution in [0.3, 0.4) is 0 Å². The molecule has 14 heteroatoms. The Kier molecular flexibility index (Phi) is 73.6. The van der Waals surface area contributed by atoms with Crippen LogP contribution >= 0.6 is 0 Å². The van der Waals surface area contributed by atoms with Crippen molar-refractivity contribution in [3.8, 4) is 0 Å². The van der Waals surface area contributed by atoms with Crippen LogP contribution < -0.4 is 5.32 Å². The summed E-state index contributed by atoms with van der Waals surface area (Å²) in [4.78, 5) is 13.5. The van der Waals surface area contributed by atoms with E-state index in [9.17, 15) is 45.6 Å². The van der Waals surface area contributed by atoms with Crippen molar-refractivity contribution in [3.63, 3.8) is 0 Å². The van der Waals surface area contributed by atoms with Gasteiger partial charge in [-0.2, -0.15) is 0 Å². The first-order chi connectivity index (χ1) is 52.6. The fourth-order valence-electron chi connectivity index (χ4n) is 16.3. The van der Waals surface area contributed by atoms with E-state index in [0.29, 0.717) is 12.8 Å². The molecular formula is C93H181NO13. The summed E-state index contributed by atoms with van der Waals surface area (Å²) in [5.74, 6) is -0.194. The fraction of sp³-hybridized carbons (Fsp3) is 0.968. The molecule has 0 aromatic heterocycles. The Morgan fingerprint density at radius 2 is 0.589 bits per heavy atom. The van der Waals surface area contributed by atoms with E-state index in [4.69, 9.17) is 18.9 Å². The Hall–Kier alpha value is -1.27. The van der Waals surface area contributed by atoms with Crippen molar-refractivity contribution in [2.24, 2.45) is 0 Å². The highest BCUT2D eigenvalue weighted by Gasteiger charge is 2.51. The van der Waals surface area contributed by atoms with E-state index in [1.54, 1.807) is 0 Å². The second-order valence-electron chi connectivity index (χ2n) is 33.9. The summed E-state index contributed by atoms with van der Waals surface area (Å²) >= 11 is 0. The molecule has 1 amide bonds. The largest absolute Gasteiger partial charge is 0.394 e. The van der Waals surface area contributed by atoms with Crippen LogP contribution in [0.5, 0.6) is 0 Å². The van der Waals surface area contributed by atoms with Gasteiger partial charge in [0.2, 0.25) is 5.91 Å². The van der Waals surface area contributed by atoms with Gasteiger partial charge in [0.1, 0.15) is 48.8 Å². The minimum atomic E-state index is -1.78. The molecule has 0 saturated carbocycles. The van der Waals surface area contributed by atoms with Gasteiger partial charge in [0.15, 0.2) is 12.6 Å². The monoisotopic (exact) mass is 1520 g/mol. The zero-order chi connectivity index (χ0) is 77.2. The molecule has 107 heavy (non-hydrogen) atoms. The van der Waals surface area contributed by atoms with Crippen molar-refractivity contribution in [1.29, 1.82) is 0 Å². The third-order valence-electron chi connectivity index (χ3n) is 23.7. The molecule has 0 spiro atoms. The first-order valence-electron chi connectivity index (χ1n) is 47.4. The van der Waals surface area contributed by atoms with E-state index >= 15 is 0 Å². The lowest BCUT2D eigenvalue weighted by molar-refractivity contribution is -0.359. The lowest BCUT2D eigenvalue weighted by Gasteiger charge is -2.46. The summed E-state index contributed by atoms with van der Waals surface area (Å²) in [5, 5.41) is 88.1. The van der Waals surface area contributed by atoms with Crippen LogP contribution in [0.15, 0.2) is 12.2 Å². The first-order valence-corrected chi connectivity index (χ1v) is 47.4. The van der Waals surface area contributed by atoms with Crippen LogP contribution in [0.2, 0.25) is 0 Å². The SMILES string of the molecule is CCCCCCCCCC/C=C\CCCCCCCCCCCCCCCCCCCCCCCCCCCCCCCC(=O)NC(COC1OC(CO)C(OC2OC(CO)C(O)C(O)C2O)C(O)C1O)C(O)CCCCCCCCCCCCCCCCCCCCCCCCCCCCCCCCCC. The Balaban J connectivity index is 1.52. The maximum atomic E-state index is 13.5. The second kappa shape index (κ2) is 77.3. The van der Waals surface area contributed by atoms with Gasteiger partial charge >= 0.3 is 0 Å². The number of carbonyl (C=O) groups excluding carboxylic acids is 1. The van der Waals surface area contributed by atoms with Gasteiger partial charge in [0.25, 0.3) is 0 Å². The molecule has 0 bridgehead atoms. The molecule has 2 aliphatic heterocycles. The highest BCUT2D eigenvalue weighted by molar-refractivity contribution is 5.76. The molecule has 0 aromatic carbocycles. The molecule has 2 rings (SSSR count). The van der Waals surface area contributed by atoms with E-state index in [2.05, 4.69) is 31.3 Å². The maximum Gasteiger partial charge on any atom is 0.220 e. The quantitative estimate of drug-likeness (QED) is 0.0204. The van der Waals surface area contributed by atoms with E-state index in [1.807, 2.05) is 0 Å². The summed E-state index contributed by atoms with van der Waals surface area (Å²) in [5.41, 5.74) is 0. The number of carbonyl (C=O) groups is 1. The molecule has 2 heterocycles. The number of hydrogen-bond acceptors (Lipinski definition) is 13. The molecule has 9 N–H and O–H groups in total. The summed E-state index contributed by atoms with van der Waals surface area (Å²) in [7, 11) is 0. The number of amides is 1. The minimum Gasteiger partial charge on any atom is -0.394 e. The summed E-state index contributed by atoms with van der Waals surface area (Å²) < 4.78 is 23.1. The number of aliphatic hydroxyl groups excluding tert-OH is 8. The molecule has 2 saturated heterocycles. The van der Waals surface area contributed by atoms with Gasteiger partial charge < -0.3 is 65.1 Å². The number of ether oxygens (including phenoxy) is 4. The lowest BCUT2D eigenvalue weighted by Crippen LogP contribution is -2.65. The van der Waals surface area contributed by atoms with Crippen molar-refractivity contribution in [2.45, 2.75) is 556 Å². The standard InChI is InChI=1S/C93H181NO13/c1-3-5-7-9-11-13-15-17-19-21-23-25-27-29-31-33-35-37-38-39-40-41-42-43-44-45-47-49-51-53-55-57-59-61-63-65-67-69-71-73-75-77-85(98)94-81(80-104-92-90(103)88(101)91(84(79-96)106-92)107-93-89(102)87(100)86(99)83(78-95)105-93)82(97)76-74-72-70-68-66-64-62-60-58-56-54-52-50-48-46-36-34-32-30-28-26-24-22-20-18-16-14-12-10-8-6-4-2/h21,23,81-84,86-93,95-97,99-103H,3-20,22,24-80H2,1-2H3,(H,94,98)/b23-21-. The van der Waals surface area contributed by atoms with E-state index in [1.165, 1.54) is 405 Å². The van der Waals surface area contributed by atoms with E-state index in [0.717, 1.165) is 51.4 Å². The third-order valence-corrected chi connectivity index (χ3v) is 23.7. The van der Waals surface area contributed by atoms with Crippen LogP contribution in [0.25, 0.3) is 0 Å². The van der Waals surface area contributed by atoms with Gasteiger partial charge in [0.05, 0.1) is 32.0 Å². The molecule has 12 atom stereocenters. The van der Waals surface area contributed by atoms with Crippen LogP contribution in [0.4, 0.5) is 0 Å². The molecular weight excluding hydrogens is 1340 g/mol. The summed E-state index contributed by atoms with van der Waals surface area (Å²) in [6.45, 7) is 2.96. The second-order valence-corrected chi connectivity index (χ2v) is 33.9. The van der Waals surface area contributed by atoms with Gasteiger partial charge in [-0.3, -0.25) is 4.79 Å². The van der Waals surface area contributed by atoms with Crippen molar-refractivity contribution in [1.82, 2.24) is 5.32 Å². The van der Waals surface area contributed by atoms with Crippen LogP contribution in [-0.4, -0.2) is 140 Å². The first kappa shape index (κ1) is 102. The molecule has 0 radical (unpaired) electrons. The average Bonchev–Trinajstić information content (AvgIpc) is 0.789. The number of nitrogens with one attached hydrogen (secondary N) is 1. The number of allylic oxidation sites excluding steroid dienone is 2. The molecule has 14 nitrogen and oxygen atoms in total. The van der Waals surface area contributed by atoms with Gasteiger partial charge in [-0.1, -0.05) is 450 Å². The summed E-state index contributed by atoms with van der Waals surface area (Å²) in [6.07, 6.45) is 84.6. The number of rotatable bonds is 83. The topological polar surface area (TPSA) is 228 Å². The Morgan fingerprint density at radius 3 is 0.888 bits per heavy atom. The number of aliphatic hydroxyl groups is 8. The van der Waals surface area contributed by atoms with Crippen LogP contribution in [-0.2, 0) is 23.7 Å². The molecule has 0 aliphatic carbocycles. The zero-order valence-electron chi connectivity index (χ0n) is 70.4. The zero-order valence-corrected chi connectivity index (χ0v) is 70.4. The summed E-state index contributed by atoms with van der Waals surface area (Å²) in [6, 6.07) is -0.828. The van der Waals surface area contributed by atoms with Crippen LogP contribution in [0.1, 0.15) is 483 Å². The normalized spacial score (nSPS) is 21.1. The molecule has 2 aliphatic rings. The predicted octanol–water partition coefficient (Wildman–Crippen LogP) is 23.5. The van der Waals surface area contributed by atoms with Crippen molar-refractivity contribution in [3.05, 3.63) is 12.2 Å². The smallest absolute Gasteiger partial charge is 0.220 e. The Morgan fingerprint density at radius 1 is 0.327 bits per heavy atom. The van der Waals surface area contributed by atoms with Crippen molar-refractivity contribution in [2.75, 3.05) is 19.8 Å². The van der Waals surface area contributed by atoms with Crippen molar-refractivity contribution < 1.29 is 64.6 Å². The van der Waals surface area contributed by atoms with Crippen molar-refractivity contribution >= 4 is 5.91 Å². The number of unbranched alkanes of at least 4 members (excludes halogenated alkanes) is 68. The number of hydrogen-bond donors (Lipinski definition) is 9. The average molecular weight is 1520 g/mol. The maximum absolute atomic E-state index is 13.5. The van der Waals surface area contributed by atoms with Gasteiger partial charge in [-0.15, -0.1) is 0 Å². The molecule has 0 aromatic rings. The molecule has 2 fully saturated rings. The Bertz CT molecular complexity index is 1850. The van der Waals surface area contributed by atoms with Gasteiger partial charge in [-0.05, 0) is 38.5 Å². The predicted molar refractivity (Wildman–Crippen MR) is 448 cm³/mol. The van der Waals surface area contributed by atoms with Crippen LogP contribution in [0, 0.1) is 0 Å². The highest BCUT2D eigenvalue weighted by atomic mass is 16.7. The third kappa shape index (κ3) is 59.1. The van der Waals surface area contributed by atoms with E-state index < -0.39 is 86.8 Å².